The van der Waals surface area contributed by atoms with Gasteiger partial charge in [0.2, 0.25) is 0 Å². The van der Waals surface area contributed by atoms with Crippen molar-refractivity contribution >= 4 is 11.8 Å². The van der Waals surface area contributed by atoms with Gasteiger partial charge in [0.05, 0.1) is 5.57 Å². The maximum atomic E-state index is 13.7. The Bertz CT molecular complexity index is 837. The van der Waals surface area contributed by atoms with Crippen molar-refractivity contribution in [2.75, 3.05) is 0 Å². The molecule has 1 aliphatic heterocycles. The van der Waals surface area contributed by atoms with Crippen LogP contribution in [0.3, 0.4) is 0 Å². The molecule has 3 nitrogen and oxygen atoms in total. The molecule has 1 N–H and O–H groups in total. The van der Waals surface area contributed by atoms with Crippen LogP contribution in [0.25, 0.3) is 0 Å². The van der Waals surface area contributed by atoms with Gasteiger partial charge in [0.1, 0.15) is 0 Å². The van der Waals surface area contributed by atoms with Crippen molar-refractivity contribution in [3.8, 4) is 0 Å². The molecule has 0 saturated heterocycles. The molecule has 20 heteroatoms. The lowest BCUT2D eigenvalue weighted by atomic mass is 9.87. The quantitative estimate of drug-likeness (QED) is 0.399. The second-order valence-corrected chi connectivity index (χ2v) is 5.89. The predicted molar refractivity (Wildman–Crippen MR) is 61.9 cm³/mol. The van der Waals surface area contributed by atoms with E-state index < -0.39 is 71.1 Å². The summed E-state index contributed by atoms with van der Waals surface area (Å²) in [7, 11) is 0. The SMILES string of the molecule is O=C1C=C(C(F)(F)C(F)(F)C(F)(F)C(F)(F)C(F)(F)C(F)(F)C(F)(F)C(F)(F)F)C(=O)N1. The van der Waals surface area contributed by atoms with E-state index in [4.69, 9.17) is 0 Å². The molecule has 2 amide bonds. The van der Waals surface area contributed by atoms with E-state index in [9.17, 15) is 84.2 Å². The third kappa shape index (κ3) is 3.19. The van der Waals surface area contributed by atoms with Crippen molar-refractivity contribution in [3.05, 3.63) is 11.6 Å². The molecule has 0 spiro atoms. The van der Waals surface area contributed by atoms with Crippen molar-refractivity contribution < 1.29 is 84.2 Å². The molecule has 0 aromatic carbocycles. The molecular weight excluding hydrogens is 513 g/mol. The maximum absolute atomic E-state index is 13.7. The van der Waals surface area contributed by atoms with E-state index in [1.807, 2.05) is 0 Å². The minimum absolute atomic E-state index is 0.718. The number of halogens is 17. The highest BCUT2D eigenvalue weighted by molar-refractivity contribution is 6.17. The van der Waals surface area contributed by atoms with Gasteiger partial charge in [0, 0.05) is 6.08 Å². The fourth-order valence-corrected chi connectivity index (χ4v) is 1.98. The lowest BCUT2D eigenvalue weighted by Gasteiger charge is -2.42. The molecule has 1 aliphatic rings. The van der Waals surface area contributed by atoms with E-state index >= 15 is 0 Å². The Morgan fingerprint density at radius 1 is 0.500 bits per heavy atom. The second-order valence-electron chi connectivity index (χ2n) is 5.89. The van der Waals surface area contributed by atoms with Crippen molar-refractivity contribution in [1.82, 2.24) is 5.32 Å². The van der Waals surface area contributed by atoms with Crippen LogP contribution in [0.15, 0.2) is 11.6 Å². The number of hydrogen-bond donors (Lipinski definition) is 1. The summed E-state index contributed by atoms with van der Waals surface area (Å²) in [5.74, 6) is -62.7. The third-order valence-corrected chi connectivity index (χ3v) is 3.82. The number of nitrogens with one attached hydrogen (secondary N) is 1. The second kappa shape index (κ2) is 6.84. The van der Waals surface area contributed by atoms with Crippen molar-refractivity contribution in [1.29, 1.82) is 0 Å². The molecule has 0 atom stereocenters. The third-order valence-electron chi connectivity index (χ3n) is 3.82. The van der Waals surface area contributed by atoms with Crippen LogP contribution in [0.2, 0.25) is 0 Å². The molecule has 1 heterocycles. The minimum Gasteiger partial charge on any atom is -0.289 e. The molecule has 1 rings (SSSR count). The molecule has 0 aromatic rings. The van der Waals surface area contributed by atoms with Crippen LogP contribution in [0, 0.1) is 0 Å². The summed E-state index contributed by atoms with van der Waals surface area (Å²) in [6, 6.07) is 0. The Morgan fingerprint density at radius 2 is 0.812 bits per heavy atom. The highest BCUT2D eigenvalue weighted by Gasteiger charge is 2.95. The maximum Gasteiger partial charge on any atom is 0.460 e. The summed E-state index contributed by atoms with van der Waals surface area (Å²) in [5.41, 5.74) is -3.07. The zero-order valence-electron chi connectivity index (χ0n) is 13.8. The Morgan fingerprint density at radius 3 is 1.09 bits per heavy atom. The summed E-state index contributed by atoms with van der Waals surface area (Å²) < 4.78 is 222. The summed E-state index contributed by atoms with van der Waals surface area (Å²) in [5, 5.41) is 0.718. The smallest absolute Gasteiger partial charge is 0.289 e. The molecule has 0 aromatic heterocycles. The first-order chi connectivity index (χ1) is 13.7. The van der Waals surface area contributed by atoms with Gasteiger partial charge >= 0.3 is 47.6 Å². The van der Waals surface area contributed by atoms with Crippen LogP contribution in [0.5, 0.6) is 0 Å². The molecule has 0 bridgehead atoms. The Kier molecular flexibility index (Phi) is 5.93. The predicted octanol–water partition coefficient (Wildman–Crippen LogP) is 4.58. The summed E-state index contributed by atoms with van der Waals surface area (Å²) in [6.07, 6.45) is -8.75. The van der Waals surface area contributed by atoms with Gasteiger partial charge in [-0.3, -0.25) is 14.9 Å². The zero-order chi connectivity index (χ0) is 26.1. The van der Waals surface area contributed by atoms with E-state index in [2.05, 4.69) is 0 Å². The van der Waals surface area contributed by atoms with Crippen molar-refractivity contribution in [3.63, 3.8) is 0 Å². The Labute approximate surface area is 162 Å². The van der Waals surface area contributed by atoms with Gasteiger partial charge in [-0.2, -0.15) is 74.6 Å². The molecule has 32 heavy (non-hydrogen) atoms. The summed E-state index contributed by atoms with van der Waals surface area (Å²) in [4.78, 5) is 21.6. The van der Waals surface area contributed by atoms with Crippen LogP contribution in [-0.2, 0) is 9.59 Å². The van der Waals surface area contributed by atoms with Gasteiger partial charge in [0.15, 0.2) is 0 Å². The molecule has 0 fully saturated rings. The molecule has 186 valence electrons. The number of hydrogen-bond acceptors (Lipinski definition) is 2. The molecule has 0 unspecified atom stereocenters. The number of carbonyl (C=O) groups is 2. The van der Waals surface area contributed by atoms with Gasteiger partial charge in [0.25, 0.3) is 11.8 Å². The average Bonchev–Trinajstić information content (AvgIpc) is 2.91. The number of carbonyl (C=O) groups excluding carboxylic acids is 2. The fourth-order valence-electron chi connectivity index (χ4n) is 1.98. The van der Waals surface area contributed by atoms with E-state index in [0.29, 0.717) is 0 Å². The van der Waals surface area contributed by atoms with Crippen LogP contribution < -0.4 is 5.32 Å². The van der Waals surface area contributed by atoms with Crippen LogP contribution in [0.1, 0.15) is 0 Å². The average molecular weight is 515 g/mol. The number of amides is 2. The first kappa shape index (κ1) is 27.7. The fraction of sp³-hybridized carbons (Fsp3) is 0.667. The first-order valence-corrected chi connectivity index (χ1v) is 6.95. The van der Waals surface area contributed by atoms with Gasteiger partial charge in [-0.05, 0) is 0 Å². The van der Waals surface area contributed by atoms with Crippen molar-refractivity contribution in [2.24, 2.45) is 0 Å². The highest BCUT2D eigenvalue weighted by atomic mass is 19.4. The van der Waals surface area contributed by atoms with Gasteiger partial charge < -0.3 is 0 Å². The summed E-state index contributed by atoms with van der Waals surface area (Å²) in [6.45, 7) is 0. The standard InChI is InChI=1S/C12H2F17NO2/c13-5(14,2-1-3(31)30-4(2)32)6(15,16)7(17,18)8(19,20)9(21,22)10(23,24)11(25,26)12(27,28)29/h1H,(H,30,31,32). The molecular formula is C12H2F17NO2. The molecule has 0 aliphatic carbocycles. The Hall–Kier alpha value is -2.31. The topological polar surface area (TPSA) is 46.2 Å². The van der Waals surface area contributed by atoms with E-state index in [1.54, 1.807) is 0 Å². The van der Waals surface area contributed by atoms with E-state index in [0.717, 1.165) is 5.32 Å². The van der Waals surface area contributed by atoms with E-state index in [1.165, 1.54) is 0 Å². The minimum atomic E-state index is -8.76. The Balaban J connectivity index is 3.71. The number of alkyl halides is 17. The normalized spacial score (nSPS) is 18.1. The van der Waals surface area contributed by atoms with Crippen LogP contribution in [-0.4, -0.2) is 59.4 Å². The highest BCUT2D eigenvalue weighted by Crippen LogP contribution is 2.64. The van der Waals surface area contributed by atoms with Crippen LogP contribution >= 0.6 is 0 Å². The largest absolute Gasteiger partial charge is 0.460 e. The number of rotatable bonds is 7. The lowest BCUT2D eigenvalue weighted by Crippen LogP contribution is -2.74. The zero-order valence-corrected chi connectivity index (χ0v) is 13.8. The van der Waals surface area contributed by atoms with Gasteiger partial charge in [-0.25, -0.2) is 0 Å². The van der Waals surface area contributed by atoms with Gasteiger partial charge in [-0.1, -0.05) is 0 Å². The first-order valence-electron chi connectivity index (χ1n) is 6.95. The van der Waals surface area contributed by atoms with E-state index in [-0.39, 0.29) is 0 Å². The number of imide groups is 1. The molecule has 0 radical (unpaired) electrons. The van der Waals surface area contributed by atoms with Gasteiger partial charge in [-0.15, -0.1) is 0 Å². The summed E-state index contributed by atoms with van der Waals surface area (Å²) >= 11 is 0. The van der Waals surface area contributed by atoms with Crippen molar-refractivity contribution in [2.45, 2.75) is 47.6 Å². The molecule has 0 saturated carbocycles. The monoisotopic (exact) mass is 515 g/mol. The van der Waals surface area contributed by atoms with Crippen LogP contribution in [0.4, 0.5) is 74.6 Å². The lowest BCUT2D eigenvalue weighted by molar-refractivity contribution is -0.460.